The molecule has 3 aromatic carbocycles. The average Bonchev–Trinajstić information content (AvgIpc) is 2.83. The normalized spacial score (nSPS) is 18.8. The molecule has 1 N–H and O–H groups in total. The molecule has 1 saturated heterocycles. The monoisotopic (exact) mass is 426 g/mol. The van der Waals surface area contributed by atoms with E-state index in [1.165, 1.54) is 11.1 Å². The summed E-state index contributed by atoms with van der Waals surface area (Å²) in [6.07, 6.45) is 3.64. The van der Waals surface area contributed by atoms with Crippen molar-refractivity contribution in [3.05, 3.63) is 102 Å². The molecular formula is C27H28N3O2. The highest BCUT2D eigenvalue weighted by molar-refractivity contribution is 5.89. The van der Waals surface area contributed by atoms with Crippen LogP contribution in [0.2, 0.25) is 0 Å². The Morgan fingerprint density at radius 2 is 1.25 bits per heavy atom. The molecule has 2 unspecified atom stereocenters. The van der Waals surface area contributed by atoms with Crippen LogP contribution in [0, 0.1) is 0 Å². The zero-order valence-corrected chi connectivity index (χ0v) is 18.1. The minimum absolute atomic E-state index is 0.0304. The Balaban J connectivity index is 1.58. The van der Waals surface area contributed by atoms with Crippen LogP contribution in [0.25, 0.3) is 0 Å². The molecule has 3 aromatic rings. The third kappa shape index (κ3) is 5.62. The zero-order chi connectivity index (χ0) is 22.2. The van der Waals surface area contributed by atoms with Gasteiger partial charge >= 0.3 is 6.03 Å². The highest BCUT2D eigenvalue weighted by Gasteiger charge is 2.36. The van der Waals surface area contributed by atoms with E-state index in [4.69, 9.17) is 0 Å². The summed E-state index contributed by atoms with van der Waals surface area (Å²) < 4.78 is 0. The smallest absolute Gasteiger partial charge is 0.321 e. The van der Waals surface area contributed by atoms with Crippen LogP contribution < -0.4 is 5.32 Å². The Bertz CT molecular complexity index is 944. The molecule has 1 aliphatic rings. The molecule has 5 nitrogen and oxygen atoms in total. The molecule has 1 heterocycles. The van der Waals surface area contributed by atoms with Crippen molar-refractivity contribution in [2.75, 3.05) is 25.0 Å². The predicted octanol–water partition coefficient (Wildman–Crippen LogP) is 4.17. The van der Waals surface area contributed by atoms with E-state index >= 15 is 0 Å². The average molecular weight is 427 g/mol. The number of hydrogen-bond acceptors (Lipinski definition) is 3. The molecule has 0 aromatic heterocycles. The van der Waals surface area contributed by atoms with Gasteiger partial charge in [-0.2, -0.15) is 0 Å². The van der Waals surface area contributed by atoms with E-state index in [9.17, 15) is 9.59 Å². The summed E-state index contributed by atoms with van der Waals surface area (Å²) in [5.41, 5.74) is 3.16. The summed E-state index contributed by atoms with van der Waals surface area (Å²) in [5, 5.41) is 3.02. The molecule has 163 valence electrons. The van der Waals surface area contributed by atoms with Gasteiger partial charge in [-0.25, -0.2) is 4.79 Å². The van der Waals surface area contributed by atoms with Gasteiger partial charge in [0.1, 0.15) is 0 Å². The summed E-state index contributed by atoms with van der Waals surface area (Å²) in [7, 11) is 0. The van der Waals surface area contributed by atoms with Crippen molar-refractivity contribution in [1.82, 2.24) is 9.80 Å². The van der Waals surface area contributed by atoms with Gasteiger partial charge in [0.25, 0.3) is 0 Å². The standard InChI is InChI=1S/C27H28N3O2/c31-17-16-30-25(18-22-10-4-1-5-11-22)20-29(27(32)28-24-14-8-3-9-15-24)21-26(30)19-23-12-6-2-7-13-23/h1-15,25-26H,16,18-21H2,(H,28,32). The predicted molar refractivity (Wildman–Crippen MR) is 127 cm³/mol. The van der Waals surface area contributed by atoms with E-state index in [1.807, 2.05) is 71.6 Å². The molecular weight excluding hydrogens is 398 g/mol. The molecule has 1 aliphatic heterocycles. The van der Waals surface area contributed by atoms with Gasteiger partial charge in [-0.1, -0.05) is 78.9 Å². The number of piperazine rings is 1. The molecule has 4 rings (SSSR count). The number of amides is 2. The largest absolute Gasteiger partial charge is 0.321 e. The van der Waals surface area contributed by atoms with E-state index < -0.39 is 0 Å². The zero-order valence-electron chi connectivity index (χ0n) is 18.1. The number of carbonyl (C=O) groups is 1. The van der Waals surface area contributed by atoms with Crippen LogP contribution in [0.1, 0.15) is 11.1 Å². The van der Waals surface area contributed by atoms with Crippen LogP contribution in [-0.4, -0.2) is 53.8 Å². The number of urea groups is 1. The second-order valence-electron chi connectivity index (χ2n) is 8.20. The summed E-state index contributed by atoms with van der Waals surface area (Å²) in [5.74, 6) is 0. The quantitative estimate of drug-likeness (QED) is 0.617. The van der Waals surface area contributed by atoms with Gasteiger partial charge in [0.2, 0.25) is 6.29 Å². The number of nitrogens with zero attached hydrogens (tertiary/aromatic N) is 2. The molecule has 0 saturated carbocycles. The van der Waals surface area contributed by atoms with Gasteiger partial charge in [0.15, 0.2) is 0 Å². The molecule has 2 atom stereocenters. The third-order valence-electron chi connectivity index (χ3n) is 5.99. The minimum Gasteiger partial charge on any atom is -0.321 e. The fourth-order valence-corrected chi connectivity index (χ4v) is 4.45. The highest BCUT2D eigenvalue weighted by atomic mass is 16.2. The molecule has 0 bridgehead atoms. The fraction of sp³-hybridized carbons (Fsp3) is 0.259. The van der Waals surface area contributed by atoms with Crippen LogP contribution in [-0.2, 0) is 17.6 Å². The molecule has 5 heteroatoms. The Morgan fingerprint density at radius 3 is 1.72 bits per heavy atom. The highest BCUT2D eigenvalue weighted by Crippen LogP contribution is 2.23. The second kappa shape index (κ2) is 10.7. The van der Waals surface area contributed by atoms with Gasteiger partial charge < -0.3 is 10.2 Å². The Hall–Kier alpha value is -3.44. The molecule has 0 aliphatic carbocycles. The van der Waals surface area contributed by atoms with Crippen molar-refractivity contribution in [2.24, 2.45) is 0 Å². The first-order valence-corrected chi connectivity index (χ1v) is 11.0. The van der Waals surface area contributed by atoms with Crippen LogP contribution in [0.15, 0.2) is 91.0 Å². The van der Waals surface area contributed by atoms with E-state index in [-0.39, 0.29) is 24.7 Å². The number of nitrogens with one attached hydrogen (secondary N) is 1. The number of rotatable bonds is 7. The summed E-state index contributed by atoms with van der Waals surface area (Å²) in [4.78, 5) is 28.7. The van der Waals surface area contributed by atoms with Crippen molar-refractivity contribution in [1.29, 1.82) is 0 Å². The topological polar surface area (TPSA) is 52.7 Å². The SMILES string of the molecule is O=[C]CN1C(Cc2ccccc2)CN(C(=O)Nc2ccccc2)CC1Cc1ccccc1. The lowest BCUT2D eigenvalue weighted by Crippen LogP contribution is -2.62. The number of benzene rings is 3. The number of anilines is 1. The molecule has 2 amide bonds. The number of hydrogen-bond donors (Lipinski definition) is 1. The van der Waals surface area contributed by atoms with E-state index in [1.54, 1.807) is 0 Å². The van der Waals surface area contributed by atoms with E-state index in [0.29, 0.717) is 13.1 Å². The van der Waals surface area contributed by atoms with E-state index in [0.717, 1.165) is 18.5 Å². The lowest BCUT2D eigenvalue weighted by Gasteiger charge is -2.46. The van der Waals surface area contributed by atoms with Gasteiger partial charge in [-0.15, -0.1) is 0 Å². The van der Waals surface area contributed by atoms with Crippen LogP contribution in [0.5, 0.6) is 0 Å². The summed E-state index contributed by atoms with van der Waals surface area (Å²) >= 11 is 0. The fourth-order valence-electron chi connectivity index (χ4n) is 4.45. The van der Waals surface area contributed by atoms with Crippen molar-refractivity contribution in [3.8, 4) is 0 Å². The van der Waals surface area contributed by atoms with Crippen LogP contribution >= 0.6 is 0 Å². The van der Waals surface area contributed by atoms with Crippen LogP contribution in [0.4, 0.5) is 10.5 Å². The first-order chi connectivity index (χ1) is 15.7. The Labute approximate surface area is 189 Å². The first-order valence-electron chi connectivity index (χ1n) is 11.0. The number of carbonyl (C=O) groups excluding carboxylic acids is 2. The summed E-state index contributed by atoms with van der Waals surface area (Å²) in [6.45, 7) is 1.35. The van der Waals surface area contributed by atoms with Gasteiger partial charge in [-0.05, 0) is 36.1 Å². The molecule has 0 spiro atoms. The second-order valence-corrected chi connectivity index (χ2v) is 8.20. The maximum Gasteiger partial charge on any atom is 0.321 e. The van der Waals surface area contributed by atoms with Gasteiger partial charge in [-0.3, -0.25) is 9.69 Å². The third-order valence-corrected chi connectivity index (χ3v) is 5.99. The molecule has 32 heavy (non-hydrogen) atoms. The maximum atomic E-state index is 13.1. The van der Waals surface area contributed by atoms with E-state index in [2.05, 4.69) is 40.8 Å². The Kier molecular flexibility index (Phi) is 7.31. The summed E-state index contributed by atoms with van der Waals surface area (Å²) in [6, 6.07) is 29.9. The maximum absolute atomic E-state index is 13.1. The minimum atomic E-state index is -0.109. The van der Waals surface area contributed by atoms with Gasteiger partial charge in [0, 0.05) is 30.9 Å². The van der Waals surface area contributed by atoms with Crippen molar-refractivity contribution in [3.63, 3.8) is 0 Å². The van der Waals surface area contributed by atoms with Crippen molar-refractivity contribution in [2.45, 2.75) is 24.9 Å². The number of para-hydroxylation sites is 1. The van der Waals surface area contributed by atoms with Crippen molar-refractivity contribution < 1.29 is 9.59 Å². The molecule has 1 radical (unpaired) electrons. The van der Waals surface area contributed by atoms with Crippen LogP contribution in [0.3, 0.4) is 0 Å². The lowest BCUT2D eigenvalue weighted by atomic mass is 9.95. The van der Waals surface area contributed by atoms with Gasteiger partial charge in [0.05, 0.1) is 6.54 Å². The Morgan fingerprint density at radius 1 is 0.781 bits per heavy atom. The first kappa shape index (κ1) is 21.8. The lowest BCUT2D eigenvalue weighted by molar-refractivity contribution is 0.0549. The molecule has 1 fully saturated rings. The van der Waals surface area contributed by atoms with Crippen molar-refractivity contribution >= 4 is 18.0 Å².